The molecular weight excluding hydrogens is 1060 g/mol. The number of nitrogens with two attached hydrogens (primary N) is 4. The zero-order chi connectivity index (χ0) is 59.0. The summed E-state index contributed by atoms with van der Waals surface area (Å²) >= 11 is 22.6. The average molecular weight is 1130 g/mol. The molecule has 16 nitrogen and oxygen atoms in total. The van der Waals surface area contributed by atoms with Crippen molar-refractivity contribution in [3.63, 3.8) is 0 Å². The van der Waals surface area contributed by atoms with Crippen LogP contribution in [0, 0.1) is 23.6 Å². The lowest BCUT2D eigenvalue weighted by Crippen LogP contribution is -2.15. The Morgan fingerprint density at radius 3 is 1.13 bits per heavy atom. The second-order valence-corrected chi connectivity index (χ2v) is 14.7. The van der Waals surface area contributed by atoms with Gasteiger partial charge < -0.3 is 43.4 Å². The molecule has 0 radical (unpaired) electrons. The molecule has 4 atom stereocenters. The van der Waals surface area contributed by atoms with E-state index in [2.05, 4.69) is 0 Å². The number of carbonyl (C=O) groups excluding carboxylic acids is 4. The van der Waals surface area contributed by atoms with Crippen LogP contribution in [0.25, 0.3) is 0 Å². The molecule has 0 bridgehead atoms. The first-order chi connectivity index (χ1) is 33.9. The monoisotopic (exact) mass is 1130 g/mol. The molecule has 0 heterocycles. The minimum Gasteiger partial charge on any atom is -0.481 e. The molecule has 24 heteroatoms. The van der Waals surface area contributed by atoms with Gasteiger partial charge in [0.1, 0.15) is 0 Å². The van der Waals surface area contributed by atoms with Gasteiger partial charge in [0.2, 0.25) is 0 Å². The van der Waals surface area contributed by atoms with Crippen molar-refractivity contribution in [1.82, 2.24) is 0 Å². The Hall–Kier alpha value is -4.80. The van der Waals surface area contributed by atoms with Crippen molar-refractivity contribution in [1.29, 1.82) is 0 Å². The van der Waals surface area contributed by atoms with Crippen LogP contribution in [0.3, 0.4) is 0 Å². The third kappa shape index (κ3) is 26.1. The van der Waals surface area contributed by atoms with Gasteiger partial charge in [-0.25, -0.2) is 0 Å². The van der Waals surface area contributed by atoms with E-state index in [0.717, 1.165) is 13.8 Å². The Bertz CT molecular complexity index is 2930. The molecule has 0 fully saturated rings. The second-order valence-electron chi connectivity index (χ2n) is 13.0. The summed E-state index contributed by atoms with van der Waals surface area (Å²) < 4.78 is 83.2. The molecule has 0 spiro atoms. The number of ketones is 4. The molecule has 4 rings (SSSR count). The fourth-order valence-electron chi connectivity index (χ4n) is 4.34. The number of Topliss-reactive ketones (excluding diaryl/α,β-unsaturated/α-hetero) is 4. The summed E-state index contributed by atoms with van der Waals surface area (Å²) in [5, 5.41) is 35.2. The van der Waals surface area contributed by atoms with Gasteiger partial charge >= 0.3 is 23.9 Å². The van der Waals surface area contributed by atoms with E-state index in [1.807, 2.05) is 0 Å². The van der Waals surface area contributed by atoms with Crippen LogP contribution in [0.15, 0.2) is 72.7 Å². The fraction of sp³-hybridized carbons (Fsp3) is 0.289. The summed E-state index contributed by atoms with van der Waals surface area (Å²) in [6.45, 7) is 4.37. The van der Waals surface area contributed by atoms with E-state index < -0.39 is 132 Å². The molecule has 12 N–H and O–H groups in total. The Morgan fingerprint density at radius 2 is 0.812 bits per heavy atom. The third-order valence-electron chi connectivity index (χ3n) is 7.87. The van der Waals surface area contributed by atoms with Gasteiger partial charge in [-0.2, -0.15) is 54.0 Å². The zero-order valence-corrected chi connectivity index (χ0v) is 43.1. The number of aliphatic carboxylic acids is 4. The van der Waals surface area contributed by atoms with Crippen LogP contribution >= 0.6 is 100 Å². The van der Waals surface area contributed by atoms with Crippen molar-refractivity contribution in [2.24, 2.45) is 23.6 Å². The minimum absolute atomic E-state index is 0. The number of rotatable bonds is 16. The van der Waals surface area contributed by atoms with Crippen molar-refractivity contribution in [2.45, 2.75) is 60.8 Å². The molecule has 0 aliphatic carbocycles. The SMILES string of the molecule is C.S.S.S.S.[2H]C([2H])(C(=O)c1ccc(Cl)cc1N)[C@]([2H])(C)C(=O)O.[2H][C@](C)(CC(=O)c1ccc(Cl)cc1N)C(=O)O.[2H]c1c([2H])c(C(=O)C[C@H](C)C(=O)O)c(N)c([2H])c1Cl.[2H]c1c([2H])c(C(=O)C[C@]([2H])(C)C(=O)O)c(N)c([2H])c1Cl. The number of halogens is 4. The maximum atomic E-state index is 12.1. The first kappa shape index (κ1) is 52.0. The second kappa shape index (κ2) is 35.3. The van der Waals surface area contributed by atoms with Gasteiger partial charge in [0.25, 0.3) is 0 Å². The van der Waals surface area contributed by atoms with Crippen molar-refractivity contribution < 1.29 is 73.9 Å². The van der Waals surface area contributed by atoms with Crippen LogP contribution in [0.1, 0.15) is 117 Å². The van der Waals surface area contributed by atoms with E-state index in [-0.39, 0.29) is 122 Å². The lowest BCUT2D eigenvalue weighted by molar-refractivity contribution is -0.141. The largest absolute Gasteiger partial charge is 0.481 e. The maximum Gasteiger partial charge on any atom is 0.306 e. The van der Waals surface area contributed by atoms with Gasteiger partial charge in [-0.3, -0.25) is 38.4 Å². The normalized spacial score (nSPS) is 15.1. The highest BCUT2D eigenvalue weighted by molar-refractivity contribution is 7.59. The summed E-state index contributed by atoms with van der Waals surface area (Å²) in [5.41, 5.74) is 20.9. The summed E-state index contributed by atoms with van der Waals surface area (Å²) in [4.78, 5) is 91.0. The molecule has 4 aromatic carbocycles. The maximum absolute atomic E-state index is 12.1. The number of carbonyl (C=O) groups is 8. The van der Waals surface area contributed by atoms with Gasteiger partial charge in [-0.1, -0.05) is 81.5 Å². The summed E-state index contributed by atoms with van der Waals surface area (Å²) in [6.07, 6.45) is -4.44. The van der Waals surface area contributed by atoms with Crippen LogP contribution in [-0.2, 0) is 19.2 Å². The summed E-state index contributed by atoms with van der Waals surface area (Å²) in [6, 6.07) is 5.22. The minimum atomic E-state index is -2.93. The molecule has 0 saturated carbocycles. The Labute approximate surface area is 464 Å². The number of hydrogen-bond acceptors (Lipinski definition) is 12. The number of benzene rings is 4. The quantitative estimate of drug-likeness (QED) is 0.0382. The van der Waals surface area contributed by atoms with Crippen molar-refractivity contribution in [3.05, 3.63) is 115 Å². The average Bonchev–Trinajstić information content (AvgIpc) is 3.28. The van der Waals surface area contributed by atoms with Gasteiger partial charge in [-0.05, 0) is 72.7 Å². The van der Waals surface area contributed by atoms with E-state index in [9.17, 15) is 38.4 Å². The number of hydrogen-bond donors (Lipinski definition) is 8. The predicted molar refractivity (Wildman–Crippen MR) is 295 cm³/mol. The lowest BCUT2D eigenvalue weighted by Gasteiger charge is -2.07. The number of nitrogen functional groups attached to an aromatic ring is 4. The third-order valence-corrected chi connectivity index (χ3v) is 8.72. The molecule has 69 heavy (non-hydrogen) atoms. The first-order valence-electron chi connectivity index (χ1n) is 23.2. The van der Waals surface area contributed by atoms with Gasteiger partial charge in [0.15, 0.2) is 23.1 Å². The summed E-state index contributed by atoms with van der Waals surface area (Å²) in [7, 11) is 0. The standard InChI is InChI=1S/4C11H12ClNO3.CH4.4H2S/c4*1-6(11(15)16)4-10(14)8-3-2-7(12)5-9(8)13;;;;;/h4*2-3,5-6H,4,13H2,1H3,(H,15,16);1H4;4*1H2/t4*6-;;;;;/m0000...../s1/i2D,3D,5D,6D;2D,3D,5D;4D2,6D;6D;;;;;. The van der Waals surface area contributed by atoms with Crippen molar-refractivity contribution >= 4 is 170 Å². The zero-order valence-electron chi connectivity index (χ0n) is 47.0. The van der Waals surface area contributed by atoms with Crippen LogP contribution in [0.5, 0.6) is 0 Å². The molecule has 0 aliphatic heterocycles. The topological polar surface area (TPSA) is 322 Å². The predicted octanol–water partition coefficient (Wildman–Crippen LogP) is 9.95. The fourth-order valence-corrected chi connectivity index (χ4v) is 5.00. The molecule has 0 aromatic heterocycles. The van der Waals surface area contributed by atoms with Crippen LogP contribution in [0.2, 0.25) is 20.1 Å². The number of carboxylic acid groups (broad SMARTS) is 4. The molecule has 0 aliphatic rings. The van der Waals surface area contributed by atoms with E-state index in [0.29, 0.717) is 5.02 Å². The Balaban J connectivity index is -0.000000307. The molecule has 4 aromatic rings. The smallest absolute Gasteiger partial charge is 0.306 e. The van der Waals surface area contributed by atoms with Crippen molar-refractivity contribution in [3.8, 4) is 0 Å². The number of anilines is 4. The van der Waals surface area contributed by atoms with Crippen molar-refractivity contribution in [2.75, 3.05) is 22.9 Å². The first-order valence-corrected chi connectivity index (χ1v) is 19.2. The van der Waals surface area contributed by atoms with Crippen LogP contribution < -0.4 is 22.9 Å². The van der Waals surface area contributed by atoms with E-state index in [1.54, 1.807) is 0 Å². The lowest BCUT2D eigenvalue weighted by atomic mass is 9.99. The van der Waals surface area contributed by atoms with E-state index in [1.165, 1.54) is 50.2 Å². The highest BCUT2D eigenvalue weighted by Crippen LogP contribution is 2.24. The Morgan fingerprint density at radius 1 is 0.493 bits per heavy atom. The van der Waals surface area contributed by atoms with Gasteiger partial charge in [0.05, 0.1) is 31.8 Å². The van der Waals surface area contributed by atoms with Gasteiger partial charge in [0, 0.05) is 97.6 Å². The molecule has 0 saturated heterocycles. The molecule has 384 valence electrons. The van der Waals surface area contributed by atoms with Gasteiger partial charge in [-0.15, -0.1) is 0 Å². The summed E-state index contributed by atoms with van der Waals surface area (Å²) in [5.74, 6) is -16.5. The molecule has 0 amide bonds. The molecular formula is C45H60Cl4N4O12S4. The van der Waals surface area contributed by atoms with Crippen LogP contribution in [0.4, 0.5) is 22.7 Å². The van der Waals surface area contributed by atoms with E-state index >= 15 is 0 Å². The highest BCUT2D eigenvalue weighted by Gasteiger charge is 2.22. The van der Waals surface area contributed by atoms with E-state index in [4.69, 9.17) is 105 Å². The van der Waals surface area contributed by atoms with Crippen LogP contribution in [-0.4, -0.2) is 67.4 Å². The molecule has 0 unspecified atom stereocenters. The number of carboxylic acids is 4. The highest BCUT2D eigenvalue weighted by atomic mass is 35.5. The Kier molecular flexibility index (Phi) is 26.6.